The number of hydrogen-bond donors (Lipinski definition) is 1. The van der Waals surface area contributed by atoms with E-state index in [1.807, 2.05) is 38.1 Å². The average molecular weight is 512 g/mol. The predicted octanol–water partition coefficient (Wildman–Crippen LogP) is 4.68. The van der Waals surface area contributed by atoms with Gasteiger partial charge in [-0.25, -0.2) is 0 Å². The number of nitrogens with zero attached hydrogens (tertiary/aromatic N) is 1. The molecule has 0 unspecified atom stereocenters. The molecule has 0 fully saturated rings. The summed E-state index contributed by atoms with van der Waals surface area (Å²) in [5.74, 6) is 0.904. The molecule has 2 amide bonds. The minimum absolute atomic E-state index is 0.211. The summed E-state index contributed by atoms with van der Waals surface area (Å²) in [5.41, 5.74) is 0.874. The molecule has 0 saturated heterocycles. The number of nitrogens with one attached hydrogen (secondary N) is 1. The molecule has 0 aliphatic carbocycles. The molecule has 0 aromatic heterocycles. The molecule has 0 spiro atoms. The van der Waals surface area contributed by atoms with Gasteiger partial charge in [-0.1, -0.05) is 53.5 Å². The summed E-state index contributed by atoms with van der Waals surface area (Å²) >= 11 is 9.52. The average Bonchev–Trinajstić information content (AvgIpc) is 2.74. The van der Waals surface area contributed by atoms with Gasteiger partial charge in [0.05, 0.1) is 12.1 Å². The van der Waals surface area contributed by atoms with Gasteiger partial charge in [-0.15, -0.1) is 0 Å². The Kier molecular flexibility index (Phi) is 9.65. The summed E-state index contributed by atoms with van der Waals surface area (Å²) in [6.07, 6.45) is 0. The Bertz CT molecular complexity index is 890. The molecule has 0 saturated carbocycles. The fourth-order valence-electron chi connectivity index (χ4n) is 2.78. The Morgan fingerprint density at radius 1 is 1.13 bits per heavy atom. The van der Waals surface area contributed by atoms with Crippen LogP contribution in [0.2, 0.25) is 5.02 Å². The molecule has 1 atom stereocenters. The minimum atomic E-state index is -0.669. The molecule has 2 rings (SSSR count). The van der Waals surface area contributed by atoms with Gasteiger partial charge in [-0.2, -0.15) is 0 Å². The number of ether oxygens (including phenoxy) is 2. The van der Waals surface area contributed by atoms with E-state index in [0.29, 0.717) is 23.2 Å². The lowest BCUT2D eigenvalue weighted by Gasteiger charge is -2.29. The molecule has 2 aromatic carbocycles. The van der Waals surface area contributed by atoms with E-state index in [4.69, 9.17) is 21.1 Å². The number of carbonyl (C=O) groups is 2. The molecule has 2 aromatic rings. The largest absolute Gasteiger partial charge is 0.497 e. The van der Waals surface area contributed by atoms with Crippen LogP contribution in [0.5, 0.6) is 11.5 Å². The van der Waals surface area contributed by atoms with E-state index in [9.17, 15) is 9.59 Å². The molecule has 8 heteroatoms. The zero-order valence-electron chi connectivity index (χ0n) is 18.2. The first kappa shape index (κ1) is 25.0. The summed E-state index contributed by atoms with van der Waals surface area (Å²) in [7, 11) is 1.59. The highest BCUT2D eigenvalue weighted by Crippen LogP contribution is 2.27. The van der Waals surface area contributed by atoms with E-state index in [-0.39, 0.29) is 25.0 Å². The monoisotopic (exact) mass is 510 g/mol. The second-order valence-electron chi connectivity index (χ2n) is 7.55. The van der Waals surface area contributed by atoms with E-state index in [1.165, 1.54) is 4.90 Å². The highest BCUT2D eigenvalue weighted by atomic mass is 79.9. The third-order valence-electron chi connectivity index (χ3n) is 4.61. The maximum atomic E-state index is 13.1. The molecule has 0 aliphatic rings. The summed E-state index contributed by atoms with van der Waals surface area (Å²) < 4.78 is 11.6. The van der Waals surface area contributed by atoms with Crippen LogP contribution < -0.4 is 14.8 Å². The first-order valence-corrected chi connectivity index (χ1v) is 11.2. The summed E-state index contributed by atoms with van der Waals surface area (Å²) in [6, 6.07) is 11.9. The molecule has 0 bridgehead atoms. The topological polar surface area (TPSA) is 67.9 Å². The molecule has 6 nitrogen and oxygen atoms in total. The zero-order chi connectivity index (χ0) is 23.0. The fraction of sp³-hybridized carbons (Fsp3) is 0.391. The second-order valence-corrected chi connectivity index (χ2v) is 8.87. The van der Waals surface area contributed by atoms with Crippen molar-refractivity contribution >= 4 is 39.3 Å². The van der Waals surface area contributed by atoms with Crippen LogP contribution in [0.15, 0.2) is 46.9 Å². The van der Waals surface area contributed by atoms with E-state index in [1.54, 1.807) is 32.2 Å². The van der Waals surface area contributed by atoms with Gasteiger partial charge in [0.25, 0.3) is 5.91 Å². The smallest absolute Gasteiger partial charge is 0.261 e. The SMILES string of the molecule is COc1ccc(CN(C(=O)COc2ccc(Br)cc2Cl)[C@@H](C)C(=O)NCC(C)C)cc1. The van der Waals surface area contributed by atoms with Crippen molar-refractivity contribution in [1.29, 1.82) is 0 Å². The van der Waals surface area contributed by atoms with Gasteiger partial charge in [0.2, 0.25) is 5.91 Å². The number of hydrogen-bond acceptors (Lipinski definition) is 4. The van der Waals surface area contributed by atoms with Gasteiger partial charge >= 0.3 is 0 Å². The Balaban J connectivity index is 2.15. The van der Waals surface area contributed by atoms with Gasteiger partial charge in [0.15, 0.2) is 6.61 Å². The van der Waals surface area contributed by atoms with Crippen LogP contribution >= 0.6 is 27.5 Å². The van der Waals surface area contributed by atoms with Gasteiger partial charge < -0.3 is 19.7 Å². The van der Waals surface area contributed by atoms with Crippen molar-refractivity contribution in [2.24, 2.45) is 5.92 Å². The van der Waals surface area contributed by atoms with Crippen molar-refractivity contribution in [2.45, 2.75) is 33.4 Å². The van der Waals surface area contributed by atoms with E-state index < -0.39 is 6.04 Å². The number of halogens is 2. The highest BCUT2D eigenvalue weighted by Gasteiger charge is 2.26. The van der Waals surface area contributed by atoms with Crippen LogP contribution in [0.4, 0.5) is 0 Å². The molecular formula is C23H28BrClN2O4. The van der Waals surface area contributed by atoms with Crippen LogP contribution in [0.3, 0.4) is 0 Å². The van der Waals surface area contributed by atoms with E-state index in [0.717, 1.165) is 15.8 Å². The molecule has 0 aliphatic heterocycles. The van der Waals surface area contributed by atoms with Crippen LogP contribution in [-0.4, -0.2) is 43.0 Å². The van der Waals surface area contributed by atoms with Gasteiger partial charge in [-0.3, -0.25) is 9.59 Å². The number of benzene rings is 2. The van der Waals surface area contributed by atoms with Gasteiger partial charge in [-0.05, 0) is 48.7 Å². The molecular weight excluding hydrogens is 484 g/mol. The Morgan fingerprint density at radius 2 is 1.81 bits per heavy atom. The first-order valence-electron chi connectivity index (χ1n) is 9.99. The lowest BCUT2D eigenvalue weighted by Crippen LogP contribution is -2.49. The van der Waals surface area contributed by atoms with Gasteiger partial charge in [0.1, 0.15) is 17.5 Å². The maximum absolute atomic E-state index is 13.1. The summed E-state index contributed by atoms with van der Waals surface area (Å²) in [4.78, 5) is 27.2. The number of carbonyl (C=O) groups excluding carboxylic acids is 2. The second kappa shape index (κ2) is 12.0. The predicted molar refractivity (Wildman–Crippen MR) is 126 cm³/mol. The van der Waals surface area contributed by atoms with Crippen LogP contribution in [-0.2, 0) is 16.1 Å². The van der Waals surface area contributed by atoms with Crippen molar-refractivity contribution in [3.63, 3.8) is 0 Å². The maximum Gasteiger partial charge on any atom is 0.261 e. The van der Waals surface area contributed by atoms with Crippen molar-refractivity contribution < 1.29 is 19.1 Å². The van der Waals surface area contributed by atoms with Crippen LogP contribution in [0.1, 0.15) is 26.3 Å². The Hall–Kier alpha value is -2.25. The third kappa shape index (κ3) is 7.74. The van der Waals surface area contributed by atoms with Crippen molar-refractivity contribution in [3.05, 3.63) is 57.5 Å². The first-order chi connectivity index (χ1) is 14.7. The summed E-state index contributed by atoms with van der Waals surface area (Å²) in [5, 5.41) is 3.29. The van der Waals surface area contributed by atoms with Gasteiger partial charge in [0, 0.05) is 17.6 Å². The number of rotatable bonds is 10. The van der Waals surface area contributed by atoms with Crippen LogP contribution in [0.25, 0.3) is 0 Å². The standard InChI is InChI=1S/C23H28BrClN2O4/c1-15(2)12-26-23(29)16(3)27(13-17-5-8-19(30-4)9-6-17)22(28)14-31-21-10-7-18(24)11-20(21)25/h5-11,15-16H,12-14H2,1-4H3,(H,26,29)/t16-/m0/s1. The minimum Gasteiger partial charge on any atom is -0.497 e. The number of amides is 2. The normalized spacial score (nSPS) is 11.7. The van der Waals surface area contributed by atoms with E-state index >= 15 is 0 Å². The van der Waals surface area contributed by atoms with Crippen molar-refractivity contribution in [3.8, 4) is 11.5 Å². The summed E-state index contributed by atoms with van der Waals surface area (Å²) in [6.45, 7) is 6.31. The van der Waals surface area contributed by atoms with Crippen molar-refractivity contribution in [1.82, 2.24) is 10.2 Å². The number of methoxy groups -OCH3 is 1. The fourth-order valence-corrected chi connectivity index (χ4v) is 3.51. The van der Waals surface area contributed by atoms with E-state index in [2.05, 4.69) is 21.2 Å². The lowest BCUT2D eigenvalue weighted by molar-refractivity contribution is -0.142. The quantitative estimate of drug-likeness (QED) is 0.503. The molecule has 0 radical (unpaired) electrons. The highest BCUT2D eigenvalue weighted by molar-refractivity contribution is 9.10. The lowest BCUT2D eigenvalue weighted by atomic mass is 10.1. The Morgan fingerprint density at radius 3 is 2.39 bits per heavy atom. The van der Waals surface area contributed by atoms with Crippen molar-refractivity contribution in [2.75, 3.05) is 20.3 Å². The molecule has 31 heavy (non-hydrogen) atoms. The van der Waals surface area contributed by atoms with Crippen LogP contribution in [0, 0.1) is 5.92 Å². The molecule has 0 heterocycles. The molecule has 168 valence electrons. The molecule has 1 N–H and O–H groups in total. The Labute approximate surface area is 197 Å². The zero-order valence-corrected chi connectivity index (χ0v) is 20.5. The third-order valence-corrected chi connectivity index (χ3v) is 5.40.